The molecule has 0 aromatic rings. The summed E-state index contributed by atoms with van der Waals surface area (Å²) < 4.78 is 0. The summed E-state index contributed by atoms with van der Waals surface area (Å²) in [6, 6.07) is 0. The molecule has 4 nitrogen and oxygen atoms in total. The minimum Gasteiger partial charge on any atom is -1.00 e. The van der Waals surface area contributed by atoms with E-state index in [4.69, 9.17) is 10.2 Å². The molecule has 0 fully saturated rings. The summed E-state index contributed by atoms with van der Waals surface area (Å²) in [5, 5.41) is 18.0. The Hall–Kier alpha value is 1.58. The number of carboxylic acid groups (broad SMARTS) is 2. The molecule has 2 N–H and O–H groups in total. The van der Waals surface area contributed by atoms with E-state index in [-0.39, 0.29) is 90.2 Å². The molecule has 0 saturated heterocycles. The first-order valence-electron chi connectivity index (χ1n) is 4.86. The Bertz CT molecular complexity index is 226. The zero-order valence-corrected chi connectivity index (χ0v) is 16.0. The van der Waals surface area contributed by atoms with Crippen LogP contribution in [0, 0.1) is 11.3 Å². The van der Waals surface area contributed by atoms with Gasteiger partial charge in [-0.2, -0.15) is 0 Å². The fourth-order valence-electron chi connectivity index (χ4n) is 1.54. The van der Waals surface area contributed by atoms with Gasteiger partial charge in [-0.25, -0.2) is 0 Å². The molecule has 0 aliphatic rings. The van der Waals surface area contributed by atoms with E-state index in [2.05, 4.69) is 0 Å². The molecular weight excluding hydrogens is 246 g/mol. The summed E-state index contributed by atoms with van der Waals surface area (Å²) in [5.41, 5.74) is -1.62. The summed E-state index contributed by atoms with van der Waals surface area (Å²) in [4.78, 5) is 22.1. The molecule has 0 radical (unpaired) electrons. The Kier molecular flexibility index (Phi) is 14.9. The zero-order chi connectivity index (χ0) is 11.4. The Morgan fingerprint density at radius 3 is 1.81 bits per heavy atom. The van der Waals surface area contributed by atoms with Crippen molar-refractivity contribution in [2.75, 3.05) is 0 Å². The third kappa shape index (κ3) is 5.48. The SMILES string of the molecule is CCCCC(C(=O)O)(C(=O)O)C(C)C.[H-].[H-].[K+].[Na+]. The summed E-state index contributed by atoms with van der Waals surface area (Å²) in [6.45, 7) is 5.19. The molecule has 0 aromatic carbocycles. The topological polar surface area (TPSA) is 74.6 Å². The molecule has 6 heteroatoms. The quantitative estimate of drug-likeness (QED) is 0.382. The van der Waals surface area contributed by atoms with Crippen molar-refractivity contribution >= 4 is 11.9 Å². The normalized spacial score (nSPS) is 10.2. The van der Waals surface area contributed by atoms with Crippen LogP contribution in [0.3, 0.4) is 0 Å². The average Bonchev–Trinajstić information content (AvgIpc) is 2.03. The Labute approximate surface area is 164 Å². The van der Waals surface area contributed by atoms with Gasteiger partial charge in [0.15, 0.2) is 5.41 Å². The van der Waals surface area contributed by atoms with Crippen molar-refractivity contribution in [1.29, 1.82) is 0 Å². The number of unbranched alkanes of at least 4 members (excludes halogenated alkanes) is 1. The van der Waals surface area contributed by atoms with Crippen LogP contribution in [-0.4, -0.2) is 22.2 Å². The first-order chi connectivity index (χ1) is 6.39. The number of hydrogen-bond donors (Lipinski definition) is 2. The van der Waals surface area contributed by atoms with Crippen molar-refractivity contribution in [3.63, 3.8) is 0 Å². The predicted octanol–water partition coefficient (Wildman–Crippen LogP) is -3.78. The molecule has 0 unspecified atom stereocenters. The van der Waals surface area contributed by atoms with Crippen LogP contribution in [0.25, 0.3) is 0 Å². The molecule has 0 bridgehead atoms. The van der Waals surface area contributed by atoms with Crippen LogP contribution in [0.15, 0.2) is 0 Å². The minimum atomic E-state index is -1.62. The minimum absolute atomic E-state index is 0. The monoisotopic (exact) mass is 266 g/mol. The second-order valence-electron chi connectivity index (χ2n) is 3.84. The fourth-order valence-corrected chi connectivity index (χ4v) is 1.54. The van der Waals surface area contributed by atoms with Gasteiger partial charge in [-0.05, 0) is 12.3 Å². The van der Waals surface area contributed by atoms with Gasteiger partial charge in [0.05, 0.1) is 0 Å². The molecular formula is C10H20KNaO4. The third-order valence-electron chi connectivity index (χ3n) is 2.67. The van der Waals surface area contributed by atoms with Crippen molar-refractivity contribution in [2.45, 2.75) is 40.0 Å². The Balaban J connectivity index is -0.000000141. The smallest absolute Gasteiger partial charge is 1.00 e. The predicted molar refractivity (Wildman–Crippen MR) is 54.3 cm³/mol. The van der Waals surface area contributed by atoms with Crippen LogP contribution < -0.4 is 80.9 Å². The van der Waals surface area contributed by atoms with Crippen molar-refractivity contribution in [2.24, 2.45) is 11.3 Å². The molecule has 0 spiro atoms. The van der Waals surface area contributed by atoms with Gasteiger partial charge in [0.2, 0.25) is 0 Å². The molecule has 86 valence electrons. The molecule has 0 heterocycles. The maximum atomic E-state index is 11.0. The maximum absolute atomic E-state index is 11.0. The first kappa shape index (κ1) is 22.7. The van der Waals surface area contributed by atoms with E-state index in [1.54, 1.807) is 13.8 Å². The van der Waals surface area contributed by atoms with Gasteiger partial charge in [0.1, 0.15) is 0 Å². The number of rotatable bonds is 6. The van der Waals surface area contributed by atoms with Crippen LogP contribution in [-0.2, 0) is 9.59 Å². The van der Waals surface area contributed by atoms with E-state index in [9.17, 15) is 9.59 Å². The van der Waals surface area contributed by atoms with E-state index < -0.39 is 23.3 Å². The molecule has 0 aliphatic heterocycles. The van der Waals surface area contributed by atoms with Crippen LogP contribution in [0.1, 0.15) is 42.9 Å². The molecule has 0 atom stereocenters. The molecule has 0 rings (SSSR count). The van der Waals surface area contributed by atoms with Crippen LogP contribution in [0.5, 0.6) is 0 Å². The van der Waals surface area contributed by atoms with Crippen molar-refractivity contribution < 1.29 is 104 Å². The third-order valence-corrected chi connectivity index (χ3v) is 2.67. The van der Waals surface area contributed by atoms with E-state index in [0.29, 0.717) is 6.42 Å². The molecule has 0 amide bonds. The molecule has 0 saturated carbocycles. The zero-order valence-electron chi connectivity index (χ0n) is 12.9. The number of carboxylic acids is 2. The van der Waals surface area contributed by atoms with E-state index in [1.807, 2.05) is 6.92 Å². The van der Waals surface area contributed by atoms with Crippen LogP contribution in [0.4, 0.5) is 0 Å². The van der Waals surface area contributed by atoms with Gasteiger partial charge in [-0.1, -0.05) is 33.6 Å². The maximum Gasteiger partial charge on any atom is 1.00 e. The summed E-state index contributed by atoms with van der Waals surface area (Å²) >= 11 is 0. The van der Waals surface area contributed by atoms with E-state index in [1.165, 1.54) is 0 Å². The van der Waals surface area contributed by atoms with Gasteiger partial charge >= 0.3 is 92.9 Å². The molecule has 0 aliphatic carbocycles. The fraction of sp³-hybridized carbons (Fsp3) is 0.800. The second kappa shape index (κ2) is 10.5. The van der Waals surface area contributed by atoms with Gasteiger partial charge in [-0.15, -0.1) is 0 Å². The number of hydrogen-bond acceptors (Lipinski definition) is 2. The Morgan fingerprint density at radius 2 is 1.62 bits per heavy atom. The van der Waals surface area contributed by atoms with Crippen molar-refractivity contribution in [3.8, 4) is 0 Å². The van der Waals surface area contributed by atoms with Gasteiger partial charge < -0.3 is 13.1 Å². The van der Waals surface area contributed by atoms with E-state index >= 15 is 0 Å². The van der Waals surface area contributed by atoms with Gasteiger partial charge in [0.25, 0.3) is 0 Å². The van der Waals surface area contributed by atoms with E-state index in [0.717, 1.165) is 6.42 Å². The second-order valence-corrected chi connectivity index (χ2v) is 3.84. The molecule has 16 heavy (non-hydrogen) atoms. The first-order valence-corrected chi connectivity index (χ1v) is 4.86. The number of aliphatic carboxylic acids is 2. The van der Waals surface area contributed by atoms with Gasteiger partial charge in [-0.3, -0.25) is 9.59 Å². The average molecular weight is 266 g/mol. The van der Waals surface area contributed by atoms with Crippen LogP contribution in [0.2, 0.25) is 0 Å². The van der Waals surface area contributed by atoms with Crippen molar-refractivity contribution in [3.05, 3.63) is 0 Å². The summed E-state index contributed by atoms with van der Waals surface area (Å²) in [6.07, 6.45) is 1.62. The van der Waals surface area contributed by atoms with Crippen LogP contribution >= 0.6 is 0 Å². The number of carbonyl (C=O) groups is 2. The summed E-state index contributed by atoms with van der Waals surface area (Å²) in [5.74, 6) is -2.86. The van der Waals surface area contributed by atoms with Gasteiger partial charge in [0, 0.05) is 0 Å². The van der Waals surface area contributed by atoms with Crippen molar-refractivity contribution in [1.82, 2.24) is 0 Å². The largest absolute Gasteiger partial charge is 1.00 e. The summed E-state index contributed by atoms with van der Waals surface area (Å²) in [7, 11) is 0. The molecule has 0 aromatic heterocycles. The standard InChI is InChI=1S/C10H18O4.K.Na.2H/c1-4-5-6-10(7(2)3,8(11)12)9(13)14;;;;/h7H,4-6H2,1-3H3,(H,11,12)(H,13,14);;;;/q;2*+1;2*-1. The Morgan fingerprint density at radius 1 is 1.25 bits per heavy atom.